The van der Waals surface area contributed by atoms with Gasteiger partial charge >= 0.3 is 21.1 Å². The first-order chi connectivity index (χ1) is 21.2. The summed E-state index contributed by atoms with van der Waals surface area (Å²) < 4.78 is 10.7. The van der Waals surface area contributed by atoms with Crippen molar-refractivity contribution < 1.29 is 25.8 Å². The van der Waals surface area contributed by atoms with Gasteiger partial charge in [-0.3, -0.25) is 9.67 Å². The molecule has 0 saturated carbocycles. The smallest absolute Gasteiger partial charge is 0.501 e. The molecule has 0 aliphatic heterocycles. The van der Waals surface area contributed by atoms with Gasteiger partial charge in [0.2, 0.25) is 0 Å². The van der Waals surface area contributed by atoms with Gasteiger partial charge < -0.3 is 14.1 Å². The van der Waals surface area contributed by atoms with Crippen LogP contribution in [0.5, 0.6) is 11.5 Å². The fourth-order valence-electron chi connectivity index (χ4n) is 5.70. The number of hydrogen-bond donors (Lipinski definition) is 0. The normalized spacial score (nSPS) is 12.0. The Morgan fingerprint density at radius 3 is 2.11 bits per heavy atom. The number of fused-ring (bicyclic) bond motifs is 1. The van der Waals surface area contributed by atoms with Gasteiger partial charge in [-0.25, -0.2) is 0 Å². The fraction of sp³-hybridized carbons (Fsp3) is 0.308. The fourth-order valence-corrected chi connectivity index (χ4v) is 5.70. The molecule has 0 unspecified atom stereocenters. The molecule has 238 valence electrons. The Morgan fingerprint density at radius 2 is 1.43 bits per heavy atom. The summed E-state index contributed by atoms with van der Waals surface area (Å²) in [7, 11) is 0. The third-order valence-electron chi connectivity index (χ3n) is 8.49. The molecule has 0 bridgehead atoms. The number of hydrogen-bond acceptors (Lipinski definition) is 4. The van der Waals surface area contributed by atoms with Gasteiger partial charge in [0.15, 0.2) is 0 Å². The van der Waals surface area contributed by atoms with E-state index in [1.54, 1.807) is 0 Å². The zero-order valence-electron chi connectivity index (χ0n) is 28.3. The second kappa shape index (κ2) is 12.3. The van der Waals surface area contributed by atoms with Crippen LogP contribution < -0.4 is 4.74 Å². The second-order valence-corrected chi connectivity index (χ2v) is 13.9. The summed E-state index contributed by atoms with van der Waals surface area (Å²) in [6.07, 6.45) is 3.82. The number of rotatable bonds is 5. The number of aryl methyl sites for hydroxylation is 3. The van der Waals surface area contributed by atoms with Gasteiger partial charge in [0, 0.05) is 34.6 Å². The molecule has 6 rings (SSSR count). The van der Waals surface area contributed by atoms with Crippen molar-refractivity contribution in [2.24, 2.45) is 0 Å². The van der Waals surface area contributed by atoms with Gasteiger partial charge in [-0.2, -0.15) is 5.10 Å². The molecule has 46 heavy (non-hydrogen) atoms. The van der Waals surface area contributed by atoms with E-state index < -0.39 is 0 Å². The van der Waals surface area contributed by atoms with E-state index in [2.05, 4.69) is 127 Å². The molecular weight excluding hydrogens is 750 g/mol. The number of ether oxygens (including phenoxy) is 1. The van der Waals surface area contributed by atoms with Crippen LogP contribution in [0.1, 0.15) is 75.4 Å². The monoisotopic (exact) mass is 790 g/mol. The number of nitrogens with zero attached hydrogens (tertiary/aromatic N) is 5. The summed E-state index contributed by atoms with van der Waals surface area (Å²) in [6.45, 7) is 21.5. The first kappa shape index (κ1) is 33.3. The minimum absolute atomic E-state index is 0. The molecule has 0 amide bonds. The van der Waals surface area contributed by atoms with Crippen molar-refractivity contribution in [1.82, 2.24) is 24.1 Å². The molecule has 4 heterocycles. The standard InChI is InChI=1S/C39H41N5O.Pt/c1-24-26(3)43-23-33(22-34(37(43)41-24)35-20-29(16-17-40-35)38(5,6)7)45-32-19-30(39(8,9)10)18-31(21-32)44-27(4)36(25(2)42-44)28-14-12-11-13-15-28;/h11-20,23H,1-10H3;/q-2;+2. The van der Waals surface area contributed by atoms with E-state index in [1.165, 1.54) is 5.56 Å². The Labute approximate surface area is 287 Å². The molecule has 0 fully saturated rings. The van der Waals surface area contributed by atoms with E-state index in [-0.39, 0.29) is 31.9 Å². The molecule has 2 aromatic carbocycles. The maximum atomic E-state index is 6.64. The molecule has 0 N–H and O–H groups in total. The Bertz CT molecular complexity index is 2040. The van der Waals surface area contributed by atoms with Gasteiger partial charge in [0.25, 0.3) is 0 Å². The van der Waals surface area contributed by atoms with Crippen molar-refractivity contribution in [3.05, 3.63) is 113 Å². The molecule has 6 aromatic rings. The SMILES string of the molecule is Cc1nn(-c2[c-]c(Oc3[c-]c(-c4cc(C(C)(C)C)ccn4)c4nc(C)c(C)n4c3)cc(C(C)(C)C)c2)c(C)c1-c1ccccc1.[Pt+2]. The van der Waals surface area contributed by atoms with Crippen LogP contribution in [-0.2, 0) is 31.9 Å². The second-order valence-electron chi connectivity index (χ2n) is 13.9. The maximum absolute atomic E-state index is 6.64. The van der Waals surface area contributed by atoms with E-state index in [1.807, 2.05) is 30.1 Å². The van der Waals surface area contributed by atoms with Crippen LogP contribution in [0.3, 0.4) is 0 Å². The van der Waals surface area contributed by atoms with Gasteiger partial charge in [-0.1, -0.05) is 89.6 Å². The Hall–Kier alpha value is -4.02. The quantitative estimate of drug-likeness (QED) is 0.164. The topological polar surface area (TPSA) is 57.2 Å². The zero-order valence-corrected chi connectivity index (χ0v) is 30.6. The Kier molecular flexibility index (Phi) is 8.91. The van der Waals surface area contributed by atoms with Crippen LogP contribution in [-0.4, -0.2) is 24.1 Å². The molecule has 4 aromatic heterocycles. The third kappa shape index (κ3) is 6.33. The predicted molar refractivity (Wildman–Crippen MR) is 182 cm³/mol. The van der Waals surface area contributed by atoms with Crippen LogP contribution in [0.4, 0.5) is 0 Å². The van der Waals surface area contributed by atoms with Crippen molar-refractivity contribution in [3.8, 4) is 39.6 Å². The molecule has 0 spiro atoms. The van der Waals surface area contributed by atoms with E-state index in [4.69, 9.17) is 19.8 Å². The minimum atomic E-state index is -0.130. The average Bonchev–Trinajstić information content (AvgIpc) is 3.45. The number of aromatic nitrogens is 5. The average molecular weight is 791 g/mol. The Morgan fingerprint density at radius 1 is 0.739 bits per heavy atom. The molecule has 7 heteroatoms. The number of benzene rings is 2. The van der Waals surface area contributed by atoms with Crippen LogP contribution in [0.2, 0.25) is 0 Å². The van der Waals surface area contributed by atoms with Crippen LogP contribution in [0, 0.1) is 39.8 Å². The molecule has 0 atom stereocenters. The molecule has 0 radical (unpaired) electrons. The van der Waals surface area contributed by atoms with E-state index in [0.29, 0.717) is 11.5 Å². The molecular formula is C39H41N5OPt. The largest absolute Gasteiger partial charge is 2.00 e. The summed E-state index contributed by atoms with van der Waals surface area (Å²) in [5.74, 6) is 1.16. The van der Waals surface area contributed by atoms with E-state index >= 15 is 0 Å². The molecule has 0 saturated heterocycles. The van der Waals surface area contributed by atoms with Crippen molar-refractivity contribution in [3.63, 3.8) is 0 Å². The third-order valence-corrected chi connectivity index (χ3v) is 8.49. The van der Waals surface area contributed by atoms with Crippen LogP contribution in [0.25, 0.3) is 33.7 Å². The van der Waals surface area contributed by atoms with Crippen molar-refractivity contribution in [2.75, 3.05) is 0 Å². The number of pyridine rings is 2. The van der Waals surface area contributed by atoms with Gasteiger partial charge in [0.05, 0.1) is 17.1 Å². The number of imidazole rings is 1. The summed E-state index contributed by atoms with van der Waals surface area (Å²) >= 11 is 0. The van der Waals surface area contributed by atoms with Gasteiger partial charge in [0.1, 0.15) is 0 Å². The first-order valence-electron chi connectivity index (χ1n) is 15.5. The first-order valence-corrected chi connectivity index (χ1v) is 15.5. The van der Waals surface area contributed by atoms with Crippen molar-refractivity contribution >= 4 is 5.65 Å². The minimum Gasteiger partial charge on any atom is -0.501 e. The molecule has 0 aliphatic rings. The summed E-state index contributed by atoms with van der Waals surface area (Å²) in [5.41, 5.74) is 11.7. The van der Waals surface area contributed by atoms with Crippen LogP contribution in [0.15, 0.2) is 67.0 Å². The predicted octanol–water partition coefficient (Wildman–Crippen LogP) is 9.47. The summed E-state index contributed by atoms with van der Waals surface area (Å²) in [5, 5.41) is 4.97. The van der Waals surface area contributed by atoms with Gasteiger partial charge in [-0.05, 0) is 73.3 Å². The van der Waals surface area contributed by atoms with Crippen molar-refractivity contribution in [2.45, 2.75) is 80.1 Å². The Balaban J connectivity index is 0.00000417. The van der Waals surface area contributed by atoms with Crippen molar-refractivity contribution in [1.29, 1.82) is 0 Å². The summed E-state index contributed by atoms with van der Waals surface area (Å²) in [6, 6.07) is 25.9. The zero-order chi connectivity index (χ0) is 32.3. The van der Waals surface area contributed by atoms with Gasteiger partial charge in [-0.15, -0.1) is 23.8 Å². The van der Waals surface area contributed by atoms with Crippen LogP contribution >= 0.6 is 0 Å². The molecule has 0 aliphatic carbocycles. The van der Waals surface area contributed by atoms with E-state index in [0.717, 1.165) is 62.1 Å². The van der Waals surface area contributed by atoms with E-state index in [9.17, 15) is 0 Å². The molecule has 6 nitrogen and oxygen atoms in total. The summed E-state index contributed by atoms with van der Waals surface area (Å²) in [4.78, 5) is 9.64. The maximum Gasteiger partial charge on any atom is 2.00 e.